The summed E-state index contributed by atoms with van der Waals surface area (Å²) in [5.41, 5.74) is 3.50. The Hall–Kier alpha value is -1.13. The lowest BCUT2D eigenvalue weighted by atomic mass is 9.99. The van der Waals surface area contributed by atoms with E-state index in [1.807, 2.05) is 0 Å². The number of nitrogens with one attached hydrogen (secondary N) is 1. The third kappa shape index (κ3) is 3.67. The van der Waals surface area contributed by atoms with Gasteiger partial charge in [0.1, 0.15) is 0 Å². The first-order valence-electron chi connectivity index (χ1n) is 6.84. The molecule has 1 aromatic rings. The van der Waals surface area contributed by atoms with Crippen LogP contribution in [-0.2, 0) is 0 Å². The van der Waals surface area contributed by atoms with Gasteiger partial charge in [0.15, 0.2) is 5.11 Å². The zero-order valence-corrected chi connectivity index (χ0v) is 12.5. The summed E-state index contributed by atoms with van der Waals surface area (Å²) in [5, 5.41) is 13.4. The van der Waals surface area contributed by atoms with Gasteiger partial charge in [-0.15, -0.1) is 0 Å². The molecule has 1 saturated heterocycles. The van der Waals surface area contributed by atoms with Gasteiger partial charge >= 0.3 is 0 Å². The van der Waals surface area contributed by atoms with E-state index in [9.17, 15) is 5.11 Å². The number of anilines is 1. The molecule has 1 aliphatic rings. The second kappa shape index (κ2) is 6.35. The molecule has 2 N–H and O–H groups in total. The van der Waals surface area contributed by atoms with Gasteiger partial charge in [-0.2, -0.15) is 0 Å². The van der Waals surface area contributed by atoms with Crippen molar-refractivity contribution < 1.29 is 5.11 Å². The van der Waals surface area contributed by atoms with Crippen LogP contribution >= 0.6 is 12.2 Å². The van der Waals surface area contributed by atoms with Crippen molar-refractivity contribution in [2.45, 2.75) is 26.7 Å². The summed E-state index contributed by atoms with van der Waals surface area (Å²) in [7, 11) is 0. The van der Waals surface area contributed by atoms with Gasteiger partial charge in [0, 0.05) is 25.4 Å². The van der Waals surface area contributed by atoms with E-state index in [1.165, 1.54) is 11.1 Å². The molecule has 1 aromatic carbocycles. The Morgan fingerprint density at radius 2 is 2.26 bits per heavy atom. The van der Waals surface area contributed by atoms with E-state index >= 15 is 0 Å². The van der Waals surface area contributed by atoms with Gasteiger partial charge in [0.2, 0.25) is 0 Å². The molecule has 1 atom stereocenters. The number of aryl methyl sites for hydroxylation is 2. The molecule has 0 aliphatic carbocycles. The van der Waals surface area contributed by atoms with E-state index in [4.69, 9.17) is 12.2 Å². The van der Waals surface area contributed by atoms with Gasteiger partial charge in [-0.25, -0.2) is 0 Å². The molecule has 3 nitrogen and oxygen atoms in total. The third-order valence-corrected chi connectivity index (χ3v) is 4.06. The van der Waals surface area contributed by atoms with Gasteiger partial charge in [-0.3, -0.25) is 0 Å². The molecule has 1 aliphatic heterocycles. The minimum Gasteiger partial charge on any atom is -0.396 e. The molecular formula is C15H22N2OS. The third-order valence-electron chi connectivity index (χ3n) is 3.70. The van der Waals surface area contributed by atoms with Crippen LogP contribution in [0.1, 0.15) is 24.0 Å². The Morgan fingerprint density at radius 3 is 3.00 bits per heavy atom. The van der Waals surface area contributed by atoms with Crippen LogP contribution in [0, 0.1) is 19.8 Å². The van der Waals surface area contributed by atoms with E-state index in [0.29, 0.717) is 5.92 Å². The van der Waals surface area contributed by atoms with Gasteiger partial charge in [-0.1, -0.05) is 12.1 Å². The second-order valence-electron chi connectivity index (χ2n) is 5.39. The van der Waals surface area contributed by atoms with E-state index in [1.54, 1.807) is 0 Å². The number of hydrogen-bond acceptors (Lipinski definition) is 2. The number of thiocarbonyl (C=S) groups is 1. The number of aliphatic hydroxyl groups excluding tert-OH is 1. The Balaban J connectivity index is 2.02. The fourth-order valence-corrected chi connectivity index (χ4v) is 2.74. The highest BCUT2D eigenvalue weighted by molar-refractivity contribution is 7.80. The SMILES string of the molecule is Cc1ccc(C)c(NC(=S)N2CCCC(CO)C2)c1. The second-order valence-corrected chi connectivity index (χ2v) is 5.77. The topological polar surface area (TPSA) is 35.5 Å². The predicted octanol–water partition coefficient (Wildman–Crippen LogP) is 2.70. The maximum absolute atomic E-state index is 9.27. The molecule has 0 amide bonds. The molecule has 0 saturated carbocycles. The van der Waals surface area contributed by atoms with E-state index in [-0.39, 0.29) is 6.61 Å². The molecule has 0 bridgehead atoms. The van der Waals surface area contributed by atoms with Crippen molar-refractivity contribution in [1.29, 1.82) is 0 Å². The molecule has 1 unspecified atom stereocenters. The van der Waals surface area contributed by atoms with Gasteiger partial charge in [-0.05, 0) is 62.0 Å². The summed E-state index contributed by atoms with van der Waals surface area (Å²) >= 11 is 5.49. The van der Waals surface area contributed by atoms with Crippen LogP contribution in [0.3, 0.4) is 0 Å². The van der Waals surface area contributed by atoms with Gasteiger partial charge in [0.25, 0.3) is 0 Å². The number of piperidine rings is 1. The first kappa shape index (κ1) is 14.3. The van der Waals surface area contributed by atoms with Crippen molar-refractivity contribution >= 4 is 23.0 Å². The molecule has 104 valence electrons. The zero-order valence-electron chi connectivity index (χ0n) is 11.6. The molecule has 4 heteroatoms. The largest absolute Gasteiger partial charge is 0.396 e. The normalized spacial score (nSPS) is 19.3. The molecule has 0 spiro atoms. The Labute approximate surface area is 120 Å². The van der Waals surface area contributed by atoms with Crippen LogP contribution < -0.4 is 5.32 Å². The highest BCUT2D eigenvalue weighted by Gasteiger charge is 2.21. The zero-order chi connectivity index (χ0) is 13.8. The number of hydrogen-bond donors (Lipinski definition) is 2. The van der Waals surface area contributed by atoms with Crippen LogP contribution in [-0.4, -0.2) is 34.8 Å². The fourth-order valence-electron chi connectivity index (χ4n) is 2.46. The fraction of sp³-hybridized carbons (Fsp3) is 0.533. The van der Waals surface area contributed by atoms with Crippen molar-refractivity contribution in [3.63, 3.8) is 0 Å². The minimum absolute atomic E-state index is 0.253. The van der Waals surface area contributed by atoms with Gasteiger partial charge < -0.3 is 15.3 Å². The molecule has 0 radical (unpaired) electrons. The Morgan fingerprint density at radius 1 is 1.47 bits per heavy atom. The summed E-state index contributed by atoms with van der Waals surface area (Å²) in [5.74, 6) is 0.354. The monoisotopic (exact) mass is 278 g/mol. The van der Waals surface area contributed by atoms with Crippen molar-refractivity contribution in [2.75, 3.05) is 25.0 Å². The standard InChI is InChI=1S/C15H22N2OS/c1-11-5-6-12(2)14(8-11)16-15(19)17-7-3-4-13(9-17)10-18/h5-6,8,13,18H,3-4,7,9-10H2,1-2H3,(H,16,19). The number of benzene rings is 1. The van der Waals surface area contributed by atoms with Crippen LogP contribution in [0.15, 0.2) is 18.2 Å². The lowest BCUT2D eigenvalue weighted by Gasteiger charge is -2.34. The number of aliphatic hydroxyl groups is 1. The number of nitrogens with zero attached hydrogens (tertiary/aromatic N) is 1. The summed E-state index contributed by atoms with van der Waals surface area (Å²) < 4.78 is 0. The Kier molecular flexibility index (Phi) is 4.77. The van der Waals surface area contributed by atoms with Crippen LogP contribution in [0.4, 0.5) is 5.69 Å². The summed E-state index contributed by atoms with van der Waals surface area (Å²) in [6.07, 6.45) is 2.19. The van der Waals surface area contributed by atoms with Crippen LogP contribution in [0.2, 0.25) is 0 Å². The minimum atomic E-state index is 0.253. The highest BCUT2D eigenvalue weighted by atomic mass is 32.1. The van der Waals surface area contributed by atoms with E-state index < -0.39 is 0 Å². The van der Waals surface area contributed by atoms with Crippen LogP contribution in [0.25, 0.3) is 0 Å². The first-order valence-corrected chi connectivity index (χ1v) is 7.25. The maximum Gasteiger partial charge on any atom is 0.173 e. The van der Waals surface area contributed by atoms with Crippen molar-refractivity contribution in [3.05, 3.63) is 29.3 Å². The summed E-state index contributed by atoms with van der Waals surface area (Å²) in [6.45, 7) is 6.25. The Bertz CT molecular complexity index is 461. The van der Waals surface area contributed by atoms with Crippen LogP contribution in [0.5, 0.6) is 0 Å². The molecule has 0 aromatic heterocycles. The molecule has 19 heavy (non-hydrogen) atoms. The predicted molar refractivity (Wildman–Crippen MR) is 83.5 cm³/mol. The van der Waals surface area contributed by atoms with E-state index in [2.05, 4.69) is 42.3 Å². The first-order chi connectivity index (χ1) is 9.10. The average molecular weight is 278 g/mol. The van der Waals surface area contributed by atoms with Crippen molar-refractivity contribution in [1.82, 2.24) is 4.90 Å². The number of rotatable bonds is 2. The van der Waals surface area contributed by atoms with Crippen molar-refractivity contribution in [3.8, 4) is 0 Å². The maximum atomic E-state index is 9.27. The molecule has 2 rings (SSSR count). The molecular weight excluding hydrogens is 256 g/mol. The summed E-state index contributed by atoms with van der Waals surface area (Å²) in [6, 6.07) is 6.33. The number of likely N-dealkylation sites (tertiary alicyclic amines) is 1. The van der Waals surface area contributed by atoms with Gasteiger partial charge in [0.05, 0.1) is 0 Å². The smallest absolute Gasteiger partial charge is 0.173 e. The summed E-state index contributed by atoms with van der Waals surface area (Å²) in [4.78, 5) is 2.17. The van der Waals surface area contributed by atoms with Crippen molar-refractivity contribution in [2.24, 2.45) is 5.92 Å². The quantitative estimate of drug-likeness (QED) is 0.815. The average Bonchev–Trinajstić information content (AvgIpc) is 2.43. The lowest BCUT2D eigenvalue weighted by Crippen LogP contribution is -2.43. The molecule has 1 fully saturated rings. The molecule has 1 heterocycles. The van der Waals surface area contributed by atoms with E-state index in [0.717, 1.165) is 36.7 Å². The lowest BCUT2D eigenvalue weighted by molar-refractivity contribution is 0.162. The highest BCUT2D eigenvalue weighted by Crippen LogP contribution is 2.20.